The molecule has 11 heteroatoms. The third-order valence-corrected chi connectivity index (χ3v) is 4.75. The Balaban J connectivity index is 1.69. The maximum Gasteiger partial charge on any atom is 0.504 e. The quantitative estimate of drug-likeness (QED) is 0.639. The molecule has 8 nitrogen and oxygen atoms in total. The molecule has 1 saturated carbocycles. The molecule has 1 amide bonds. The fraction of sp³-hybridized carbons (Fsp3) is 0.316. The van der Waals surface area contributed by atoms with Gasteiger partial charge in [-0.2, -0.15) is 9.78 Å². The molecule has 30 heavy (non-hydrogen) atoms. The summed E-state index contributed by atoms with van der Waals surface area (Å²) in [4.78, 5) is 16.4. The molecular weight excluding hydrogens is 399 g/mol. The average Bonchev–Trinajstić information content (AvgIpc) is 3.23. The Morgan fingerprint density at radius 3 is 2.67 bits per heavy atom. The van der Waals surface area contributed by atoms with Crippen LogP contribution in [0.3, 0.4) is 0 Å². The van der Waals surface area contributed by atoms with Gasteiger partial charge in [0.2, 0.25) is 5.91 Å². The van der Waals surface area contributed by atoms with E-state index in [0.717, 1.165) is 18.8 Å². The highest BCUT2D eigenvalue weighted by Gasteiger charge is 2.39. The first-order valence-electron chi connectivity index (χ1n) is 9.05. The molecule has 2 atom stereocenters. The van der Waals surface area contributed by atoms with Gasteiger partial charge in [0.25, 0.3) is 0 Å². The van der Waals surface area contributed by atoms with Crippen molar-refractivity contribution < 1.29 is 18.0 Å². The lowest BCUT2D eigenvalue weighted by atomic mass is 10.1. The topological polar surface area (TPSA) is 97.6 Å². The van der Waals surface area contributed by atoms with E-state index in [2.05, 4.69) is 42.8 Å². The van der Waals surface area contributed by atoms with Crippen molar-refractivity contribution in [3.8, 4) is 11.8 Å². The molecule has 1 aliphatic carbocycles. The first kappa shape index (κ1) is 19.6. The van der Waals surface area contributed by atoms with Crippen molar-refractivity contribution in [3.63, 3.8) is 0 Å². The van der Waals surface area contributed by atoms with Gasteiger partial charge in [-0.15, -0.1) is 23.4 Å². The predicted octanol–water partition coefficient (Wildman–Crippen LogP) is 2.73. The van der Waals surface area contributed by atoms with Crippen LogP contribution in [0.2, 0.25) is 0 Å². The van der Waals surface area contributed by atoms with Crippen molar-refractivity contribution in [1.29, 1.82) is 0 Å². The lowest BCUT2D eigenvalue weighted by molar-refractivity contribution is -0.212. The molecule has 1 fully saturated rings. The molecule has 0 aromatic carbocycles. The van der Waals surface area contributed by atoms with E-state index in [1.165, 1.54) is 6.20 Å². The molecule has 154 valence electrons. The summed E-state index contributed by atoms with van der Waals surface area (Å²) in [5, 5.41) is 17.6. The number of pyridine rings is 1. The maximum atomic E-state index is 12.7. The van der Waals surface area contributed by atoms with Gasteiger partial charge in [-0.25, -0.2) is 4.98 Å². The standard InChI is InChI=1S/C19H16F3N7O/c1-10-5-13(10)18(30)26-15-6-14-12(8-24-17(23-2)16(14)28-27-15)4-3-11-7-25-29(9-11)19(20,21)22/h6-10,13H,5H2,1-2H3,(H,23,24)(H,26,27,30)/t10-,13+/m1/s1. The monoisotopic (exact) mass is 415 g/mol. The summed E-state index contributed by atoms with van der Waals surface area (Å²) in [5.41, 5.74) is 0.943. The van der Waals surface area contributed by atoms with E-state index in [1.54, 1.807) is 13.1 Å². The van der Waals surface area contributed by atoms with Crippen LogP contribution in [0.25, 0.3) is 10.9 Å². The lowest BCUT2D eigenvalue weighted by Gasteiger charge is -2.08. The Morgan fingerprint density at radius 2 is 2.03 bits per heavy atom. The van der Waals surface area contributed by atoms with Gasteiger partial charge in [0.15, 0.2) is 11.6 Å². The minimum Gasteiger partial charge on any atom is -0.371 e. The normalized spacial score (nSPS) is 17.9. The summed E-state index contributed by atoms with van der Waals surface area (Å²) in [5.74, 6) is 6.38. The molecule has 0 radical (unpaired) electrons. The van der Waals surface area contributed by atoms with E-state index in [4.69, 9.17) is 0 Å². The van der Waals surface area contributed by atoms with Crippen LogP contribution in [0, 0.1) is 23.7 Å². The Morgan fingerprint density at radius 1 is 1.27 bits per heavy atom. The smallest absolute Gasteiger partial charge is 0.371 e. The molecule has 0 spiro atoms. The van der Waals surface area contributed by atoms with Crippen molar-refractivity contribution in [2.45, 2.75) is 19.6 Å². The van der Waals surface area contributed by atoms with Crippen molar-refractivity contribution in [3.05, 3.63) is 35.8 Å². The number of hydrogen-bond acceptors (Lipinski definition) is 6. The number of aromatic nitrogens is 5. The van der Waals surface area contributed by atoms with E-state index in [9.17, 15) is 18.0 Å². The van der Waals surface area contributed by atoms with Gasteiger partial charge in [0, 0.05) is 30.7 Å². The maximum absolute atomic E-state index is 12.7. The molecule has 3 aromatic heterocycles. The first-order valence-corrected chi connectivity index (χ1v) is 9.05. The second kappa shape index (κ2) is 7.29. The highest BCUT2D eigenvalue weighted by atomic mass is 19.4. The molecule has 0 unspecified atom stereocenters. The number of carbonyl (C=O) groups excluding carboxylic acids is 1. The molecule has 0 aliphatic heterocycles. The second-order valence-corrected chi connectivity index (χ2v) is 6.96. The first-order chi connectivity index (χ1) is 14.3. The Hall–Kier alpha value is -3.68. The van der Waals surface area contributed by atoms with Crippen LogP contribution in [-0.4, -0.2) is 37.9 Å². The molecule has 2 N–H and O–H groups in total. The van der Waals surface area contributed by atoms with Crippen LogP contribution in [0.4, 0.5) is 24.8 Å². The zero-order valence-corrected chi connectivity index (χ0v) is 15.9. The molecule has 3 heterocycles. The van der Waals surface area contributed by atoms with Crippen LogP contribution in [-0.2, 0) is 11.1 Å². The molecule has 0 bridgehead atoms. The predicted molar refractivity (Wildman–Crippen MR) is 102 cm³/mol. The highest BCUT2D eigenvalue weighted by Crippen LogP contribution is 2.38. The van der Waals surface area contributed by atoms with Crippen molar-refractivity contribution in [2.75, 3.05) is 17.7 Å². The van der Waals surface area contributed by atoms with Crippen LogP contribution in [0.15, 0.2) is 24.7 Å². The average molecular weight is 415 g/mol. The largest absolute Gasteiger partial charge is 0.504 e. The number of amides is 1. The van der Waals surface area contributed by atoms with Gasteiger partial charge >= 0.3 is 6.30 Å². The molecule has 0 saturated heterocycles. The highest BCUT2D eigenvalue weighted by molar-refractivity contribution is 5.97. The number of fused-ring (bicyclic) bond motifs is 1. The Kier molecular flexibility index (Phi) is 4.77. The van der Waals surface area contributed by atoms with Crippen molar-refractivity contribution in [2.24, 2.45) is 11.8 Å². The van der Waals surface area contributed by atoms with Gasteiger partial charge in [-0.05, 0) is 18.4 Å². The second-order valence-electron chi connectivity index (χ2n) is 6.96. The SMILES string of the molecule is CNc1ncc(C#Cc2cnn(C(F)(F)F)c2)c2cc(NC(=O)[C@H]3C[C@H]3C)nnc12. The lowest BCUT2D eigenvalue weighted by Crippen LogP contribution is -2.16. The van der Waals surface area contributed by atoms with E-state index in [1.807, 2.05) is 6.92 Å². The van der Waals surface area contributed by atoms with E-state index < -0.39 is 6.30 Å². The number of halogens is 3. The van der Waals surface area contributed by atoms with Crippen molar-refractivity contribution >= 4 is 28.4 Å². The summed E-state index contributed by atoms with van der Waals surface area (Å²) in [7, 11) is 1.67. The van der Waals surface area contributed by atoms with Crippen molar-refractivity contribution in [1.82, 2.24) is 25.0 Å². The third kappa shape index (κ3) is 3.89. The number of anilines is 2. The van der Waals surface area contributed by atoms with E-state index in [-0.39, 0.29) is 27.9 Å². The van der Waals surface area contributed by atoms with Gasteiger partial charge in [-0.3, -0.25) is 4.79 Å². The summed E-state index contributed by atoms with van der Waals surface area (Å²) in [6, 6.07) is 1.62. The number of alkyl halides is 3. The number of carbonyl (C=O) groups is 1. The zero-order valence-electron chi connectivity index (χ0n) is 15.9. The summed E-state index contributed by atoms with van der Waals surface area (Å²) < 4.78 is 37.9. The van der Waals surface area contributed by atoms with E-state index in [0.29, 0.717) is 28.2 Å². The number of hydrogen-bond donors (Lipinski definition) is 2. The molecular formula is C19H16F3N7O. The minimum atomic E-state index is -4.61. The minimum absolute atomic E-state index is 0.0303. The summed E-state index contributed by atoms with van der Waals surface area (Å²) >= 11 is 0. The fourth-order valence-electron chi connectivity index (χ4n) is 2.95. The van der Waals surface area contributed by atoms with Crippen LogP contribution in [0.5, 0.6) is 0 Å². The van der Waals surface area contributed by atoms with Crippen LogP contribution >= 0.6 is 0 Å². The van der Waals surface area contributed by atoms with Crippen LogP contribution in [0.1, 0.15) is 24.5 Å². The zero-order chi connectivity index (χ0) is 21.5. The van der Waals surface area contributed by atoms with Gasteiger partial charge in [0.1, 0.15) is 5.52 Å². The fourth-order valence-corrected chi connectivity index (χ4v) is 2.95. The third-order valence-electron chi connectivity index (χ3n) is 4.75. The summed E-state index contributed by atoms with van der Waals surface area (Å²) in [6.07, 6.45) is -0.466. The van der Waals surface area contributed by atoms with Crippen LogP contribution < -0.4 is 10.6 Å². The number of rotatable bonds is 3. The number of nitrogens with one attached hydrogen (secondary N) is 2. The summed E-state index contributed by atoms with van der Waals surface area (Å²) in [6.45, 7) is 2.00. The van der Waals surface area contributed by atoms with Gasteiger partial charge in [0.05, 0.1) is 17.3 Å². The van der Waals surface area contributed by atoms with E-state index >= 15 is 0 Å². The van der Waals surface area contributed by atoms with Gasteiger partial charge in [-0.1, -0.05) is 18.8 Å². The number of nitrogens with zero attached hydrogens (tertiary/aromatic N) is 5. The molecule has 1 aliphatic rings. The Bertz CT molecular complexity index is 1190. The molecule has 3 aromatic rings. The molecule has 4 rings (SSSR count). The van der Waals surface area contributed by atoms with Gasteiger partial charge < -0.3 is 10.6 Å². The Labute approximate surface area is 168 Å².